The summed E-state index contributed by atoms with van der Waals surface area (Å²) in [7, 11) is -1.99. The molecular formula is C26H34FNO2Si. The molecule has 166 valence electrons. The largest absolute Gasteiger partial charge is 0.543 e. The molecule has 0 radical (unpaired) electrons. The average Bonchev–Trinajstić information content (AvgIpc) is 2.73. The van der Waals surface area contributed by atoms with Crippen LogP contribution >= 0.6 is 0 Å². The molecule has 0 N–H and O–H groups in total. The Kier molecular flexibility index (Phi) is 7.05. The van der Waals surface area contributed by atoms with E-state index in [9.17, 15) is 4.39 Å². The summed E-state index contributed by atoms with van der Waals surface area (Å²) in [5, 5.41) is 1.21. The van der Waals surface area contributed by atoms with Crippen molar-refractivity contribution in [2.45, 2.75) is 58.7 Å². The van der Waals surface area contributed by atoms with Crippen molar-refractivity contribution in [3.63, 3.8) is 0 Å². The number of rotatable bonds is 8. The van der Waals surface area contributed by atoms with Gasteiger partial charge in [-0.1, -0.05) is 45.0 Å². The first kappa shape index (κ1) is 23.3. The third kappa shape index (κ3) is 5.45. The van der Waals surface area contributed by atoms with Crippen LogP contribution in [0.5, 0.6) is 11.5 Å². The maximum Gasteiger partial charge on any atom is 0.250 e. The highest BCUT2D eigenvalue weighted by molar-refractivity contribution is 6.74. The first-order chi connectivity index (χ1) is 14.6. The van der Waals surface area contributed by atoms with Crippen LogP contribution < -0.4 is 9.16 Å². The number of hydrogen-bond donors (Lipinski definition) is 0. The zero-order chi connectivity index (χ0) is 22.6. The number of hydrogen-bond acceptors (Lipinski definition) is 3. The summed E-state index contributed by atoms with van der Waals surface area (Å²) in [6.45, 7) is 13.1. The number of alkyl halides is 1. The fourth-order valence-electron chi connectivity index (χ4n) is 3.28. The van der Waals surface area contributed by atoms with Gasteiger partial charge in [-0.2, -0.15) is 0 Å². The van der Waals surface area contributed by atoms with E-state index in [-0.39, 0.29) is 11.6 Å². The predicted molar refractivity (Wildman–Crippen MR) is 130 cm³/mol. The highest BCUT2D eigenvalue weighted by Crippen LogP contribution is 2.41. The van der Waals surface area contributed by atoms with Crippen LogP contribution in [-0.4, -0.2) is 26.6 Å². The molecule has 0 atom stereocenters. The van der Waals surface area contributed by atoms with E-state index >= 15 is 0 Å². The number of aromatic nitrogens is 1. The molecule has 5 heteroatoms. The van der Waals surface area contributed by atoms with Crippen molar-refractivity contribution < 1.29 is 13.6 Å². The van der Waals surface area contributed by atoms with Crippen LogP contribution in [0.15, 0.2) is 48.5 Å². The van der Waals surface area contributed by atoms with Gasteiger partial charge in [0.25, 0.3) is 8.32 Å². The molecule has 0 bridgehead atoms. The molecule has 3 rings (SSSR count). The zero-order valence-corrected chi connectivity index (χ0v) is 20.6. The number of pyridine rings is 1. The van der Waals surface area contributed by atoms with Crippen molar-refractivity contribution in [3.8, 4) is 11.5 Å². The summed E-state index contributed by atoms with van der Waals surface area (Å²) in [5.41, 5.74) is 4.39. The standard InChI is InChI=1S/C26H34FNO2Si/c1-19-23(16-13-20-11-14-21(15-12-20)29-18-17-27)28-24-10-8-7-9-22(24)25(19)30-31(5,6)26(2,3)4/h7-12,14-15H,13,16-18H2,1-6H3. The minimum atomic E-state index is -1.99. The smallest absolute Gasteiger partial charge is 0.250 e. The van der Waals surface area contributed by atoms with E-state index in [0.717, 1.165) is 40.8 Å². The molecule has 3 nitrogen and oxygen atoms in total. The van der Waals surface area contributed by atoms with Gasteiger partial charge in [-0.15, -0.1) is 0 Å². The summed E-state index contributed by atoms with van der Waals surface area (Å²) in [6.07, 6.45) is 1.70. The number of aryl methyl sites for hydroxylation is 2. The number of fused-ring (bicyclic) bond motifs is 1. The lowest BCUT2D eigenvalue weighted by atomic mass is 10.0. The summed E-state index contributed by atoms with van der Waals surface area (Å²) in [6, 6.07) is 16.1. The van der Waals surface area contributed by atoms with E-state index in [2.05, 4.69) is 52.9 Å². The van der Waals surface area contributed by atoms with Crippen molar-refractivity contribution in [1.29, 1.82) is 0 Å². The van der Waals surface area contributed by atoms with Crippen LogP contribution in [0, 0.1) is 6.92 Å². The summed E-state index contributed by atoms with van der Waals surface area (Å²) < 4.78 is 24.4. The lowest BCUT2D eigenvalue weighted by Gasteiger charge is -2.37. The fourth-order valence-corrected chi connectivity index (χ4v) is 4.36. The fraction of sp³-hybridized carbons (Fsp3) is 0.423. The highest BCUT2D eigenvalue weighted by atomic mass is 28.4. The van der Waals surface area contributed by atoms with E-state index in [1.165, 1.54) is 5.56 Å². The second-order valence-electron chi connectivity index (χ2n) is 9.57. The van der Waals surface area contributed by atoms with Gasteiger partial charge in [0.2, 0.25) is 0 Å². The van der Waals surface area contributed by atoms with Gasteiger partial charge in [-0.3, -0.25) is 4.98 Å². The second-order valence-corrected chi connectivity index (χ2v) is 14.3. The Bertz CT molecular complexity index is 1030. The third-order valence-corrected chi connectivity index (χ3v) is 10.6. The van der Waals surface area contributed by atoms with Crippen molar-refractivity contribution >= 4 is 19.2 Å². The van der Waals surface area contributed by atoms with Gasteiger partial charge in [-0.25, -0.2) is 4.39 Å². The monoisotopic (exact) mass is 439 g/mol. The number of ether oxygens (including phenoxy) is 1. The van der Waals surface area contributed by atoms with Crippen LogP contribution in [-0.2, 0) is 12.8 Å². The van der Waals surface area contributed by atoms with E-state index in [1.807, 2.05) is 36.4 Å². The molecule has 0 aliphatic heterocycles. The molecule has 0 fully saturated rings. The van der Waals surface area contributed by atoms with Crippen molar-refractivity contribution in [3.05, 3.63) is 65.4 Å². The number of para-hydroxylation sites is 1. The van der Waals surface area contributed by atoms with Crippen LogP contribution in [0.2, 0.25) is 18.1 Å². The molecule has 0 aliphatic rings. The van der Waals surface area contributed by atoms with Crippen LogP contribution in [0.1, 0.15) is 37.6 Å². The Morgan fingerprint density at radius 2 is 1.65 bits per heavy atom. The lowest BCUT2D eigenvalue weighted by molar-refractivity contribution is 0.273. The molecule has 1 heterocycles. The Balaban J connectivity index is 1.88. The molecule has 31 heavy (non-hydrogen) atoms. The molecule has 0 amide bonds. The van der Waals surface area contributed by atoms with Crippen molar-refractivity contribution in [2.75, 3.05) is 13.3 Å². The normalized spacial score (nSPS) is 12.2. The minimum Gasteiger partial charge on any atom is -0.543 e. The zero-order valence-electron chi connectivity index (χ0n) is 19.6. The Morgan fingerprint density at radius 1 is 0.968 bits per heavy atom. The number of halogens is 1. The topological polar surface area (TPSA) is 31.4 Å². The van der Waals surface area contributed by atoms with Crippen molar-refractivity contribution in [1.82, 2.24) is 4.98 Å². The van der Waals surface area contributed by atoms with Crippen LogP contribution in [0.3, 0.4) is 0 Å². The predicted octanol–water partition coefficient (Wildman–Crippen LogP) is 7.06. The average molecular weight is 440 g/mol. The van der Waals surface area contributed by atoms with Crippen LogP contribution in [0.25, 0.3) is 10.9 Å². The molecule has 0 aliphatic carbocycles. The van der Waals surface area contributed by atoms with Gasteiger partial charge in [0.05, 0.1) is 5.52 Å². The van der Waals surface area contributed by atoms with Gasteiger partial charge >= 0.3 is 0 Å². The van der Waals surface area contributed by atoms with Crippen LogP contribution in [0.4, 0.5) is 4.39 Å². The Hall–Kier alpha value is -2.40. The van der Waals surface area contributed by atoms with E-state index < -0.39 is 15.0 Å². The summed E-state index contributed by atoms with van der Waals surface area (Å²) in [5.74, 6) is 1.69. The lowest BCUT2D eigenvalue weighted by Crippen LogP contribution is -2.44. The highest BCUT2D eigenvalue weighted by Gasteiger charge is 2.39. The molecule has 2 aromatic carbocycles. The van der Waals surface area contributed by atoms with E-state index in [1.54, 1.807) is 0 Å². The van der Waals surface area contributed by atoms with Gasteiger partial charge in [-0.05, 0) is 67.7 Å². The first-order valence-electron chi connectivity index (χ1n) is 11.0. The maximum absolute atomic E-state index is 12.3. The second kappa shape index (κ2) is 9.39. The summed E-state index contributed by atoms with van der Waals surface area (Å²) in [4.78, 5) is 4.97. The third-order valence-electron chi connectivity index (χ3n) is 6.26. The maximum atomic E-state index is 12.3. The molecule has 0 saturated heterocycles. The Morgan fingerprint density at radius 3 is 2.29 bits per heavy atom. The molecule has 1 aromatic heterocycles. The number of nitrogens with zero attached hydrogens (tertiary/aromatic N) is 1. The molecule has 3 aromatic rings. The summed E-state index contributed by atoms with van der Waals surface area (Å²) >= 11 is 0. The molecular weight excluding hydrogens is 405 g/mol. The van der Waals surface area contributed by atoms with Gasteiger partial charge < -0.3 is 9.16 Å². The molecule has 0 saturated carbocycles. The first-order valence-corrected chi connectivity index (χ1v) is 13.9. The quantitative estimate of drug-likeness (QED) is 0.352. The van der Waals surface area contributed by atoms with E-state index in [0.29, 0.717) is 5.75 Å². The molecule has 0 spiro atoms. The Labute approximate surface area is 186 Å². The van der Waals surface area contributed by atoms with Gasteiger partial charge in [0.15, 0.2) is 0 Å². The van der Waals surface area contributed by atoms with Crippen molar-refractivity contribution in [2.24, 2.45) is 0 Å². The van der Waals surface area contributed by atoms with Gasteiger partial charge in [0, 0.05) is 16.6 Å². The minimum absolute atomic E-state index is 0.0938. The molecule has 0 unspecified atom stereocenters. The van der Waals surface area contributed by atoms with E-state index in [4.69, 9.17) is 14.1 Å². The van der Waals surface area contributed by atoms with Gasteiger partial charge in [0.1, 0.15) is 24.8 Å². The SMILES string of the molecule is Cc1c(CCc2ccc(OCCF)cc2)nc2ccccc2c1O[Si](C)(C)C(C)(C)C. The number of benzene rings is 2.